The van der Waals surface area contributed by atoms with Gasteiger partial charge in [0.15, 0.2) is 6.10 Å². The highest BCUT2D eigenvalue weighted by Gasteiger charge is 2.51. The number of unbranched alkanes of at least 4 members (excludes halogenated alkanes) is 9. The number of phosphoric acid groups is 1. The van der Waals surface area contributed by atoms with Crippen molar-refractivity contribution in [1.29, 1.82) is 0 Å². The molecule has 1 aliphatic rings. The molecule has 0 aliphatic heterocycles. The molecule has 0 heterocycles. The summed E-state index contributed by atoms with van der Waals surface area (Å²) in [7, 11) is -5.16. The highest BCUT2D eigenvalue weighted by atomic mass is 31.2. The van der Waals surface area contributed by atoms with Gasteiger partial charge < -0.3 is 45.0 Å². The number of hydrogen-bond acceptors (Lipinski definition) is 13. The first kappa shape index (κ1) is 59.0. The van der Waals surface area contributed by atoms with E-state index in [1.165, 1.54) is 38.5 Å². The first-order valence-electron chi connectivity index (χ1n) is 23.5. The Hall–Kier alpha value is -3.01. The molecule has 14 nitrogen and oxygen atoms in total. The molecule has 1 rings (SSSR count). The number of hydrogen-bond donors (Lipinski definition) is 7. The molecular formula is C49H81O14P. The maximum atomic E-state index is 12.8. The predicted molar refractivity (Wildman–Crippen MR) is 250 cm³/mol. The summed E-state index contributed by atoms with van der Waals surface area (Å²) in [6, 6.07) is 0. The van der Waals surface area contributed by atoms with Crippen LogP contribution >= 0.6 is 7.82 Å². The normalized spacial score (nSPS) is 22.8. The Labute approximate surface area is 382 Å². The fraction of sp³-hybridized carbons (Fsp3) is 0.673. The minimum absolute atomic E-state index is 0.000714. The molecule has 64 heavy (non-hydrogen) atoms. The van der Waals surface area contributed by atoms with Crippen LogP contribution < -0.4 is 0 Å². The highest BCUT2D eigenvalue weighted by Crippen LogP contribution is 2.47. The zero-order valence-electron chi connectivity index (χ0n) is 38.4. The quantitative estimate of drug-likeness (QED) is 0.0135. The van der Waals surface area contributed by atoms with Gasteiger partial charge in [-0.3, -0.25) is 18.6 Å². The first-order chi connectivity index (χ1) is 30.8. The van der Waals surface area contributed by atoms with Crippen molar-refractivity contribution in [3.8, 4) is 0 Å². The molecule has 7 N–H and O–H groups in total. The second-order valence-corrected chi connectivity index (χ2v) is 17.5. The largest absolute Gasteiger partial charge is 0.472 e. The van der Waals surface area contributed by atoms with Gasteiger partial charge in [0.25, 0.3) is 0 Å². The van der Waals surface area contributed by atoms with Gasteiger partial charge in [0.2, 0.25) is 0 Å². The number of esters is 2. The second kappa shape index (κ2) is 38.1. The van der Waals surface area contributed by atoms with E-state index in [9.17, 15) is 49.7 Å². The Balaban J connectivity index is 2.55. The standard InChI is InChI=1S/C49H81O14P/c1-3-5-7-8-9-10-11-12-13-14-15-16-21-24-27-30-33-37-43(52)62-41(39-61-64(58,59)63-49-47(56)45(54)44(53)46(55)48(49)57)38-60-42(51)36-32-29-26-23-20-18-17-19-22-25-28-31-35-40(50)34-6-4-2/h12-13,15-18,22-27,31,35,40-41,44-50,53-57H,3-11,14,19-21,28-30,32-34,36-39H2,1-2H3,(H,58,59)/b13-12-,16-15-,18-17-,25-22-,26-23-,27-24-,35-31-/t40-,41+,44?,45-,46+,47+,48+,49?/m0/s1. The third-order valence-corrected chi connectivity index (χ3v) is 11.3. The van der Waals surface area contributed by atoms with Crippen LogP contribution in [0.25, 0.3) is 0 Å². The minimum atomic E-state index is -5.16. The van der Waals surface area contributed by atoms with Crippen LogP contribution in [0, 0.1) is 0 Å². The number of allylic oxidation sites excluding steroid dienone is 13. The maximum Gasteiger partial charge on any atom is 0.472 e. The van der Waals surface area contributed by atoms with E-state index in [1.807, 2.05) is 42.5 Å². The molecule has 0 bridgehead atoms. The summed E-state index contributed by atoms with van der Waals surface area (Å²) in [4.78, 5) is 35.7. The van der Waals surface area contributed by atoms with Crippen molar-refractivity contribution < 1.29 is 68.2 Å². The molecule has 0 aromatic rings. The Morgan fingerprint density at radius 3 is 1.52 bits per heavy atom. The molecule has 0 saturated heterocycles. The van der Waals surface area contributed by atoms with Crippen LogP contribution in [0.15, 0.2) is 85.1 Å². The summed E-state index contributed by atoms with van der Waals surface area (Å²) in [5.74, 6) is -1.26. The maximum absolute atomic E-state index is 12.8. The first-order valence-corrected chi connectivity index (χ1v) is 25.0. The van der Waals surface area contributed by atoms with E-state index in [1.54, 1.807) is 0 Å². The molecule has 1 saturated carbocycles. The molecule has 0 spiro atoms. The zero-order chi connectivity index (χ0) is 47.3. The smallest absolute Gasteiger partial charge is 0.462 e. The lowest BCUT2D eigenvalue weighted by atomic mass is 9.85. The van der Waals surface area contributed by atoms with Gasteiger partial charge in [-0.2, -0.15) is 0 Å². The molecule has 0 radical (unpaired) electrons. The zero-order valence-corrected chi connectivity index (χ0v) is 39.3. The number of ether oxygens (including phenoxy) is 2. The van der Waals surface area contributed by atoms with E-state index in [0.29, 0.717) is 25.7 Å². The van der Waals surface area contributed by atoms with E-state index in [-0.39, 0.29) is 18.9 Å². The SMILES string of the molecule is CCCCCCCC/C=C\C/C=C\C/C=C\CCCC(=O)O[C@H](COC(=O)CCC/C=C\C/C=C\C/C=C\C/C=C\[C@@H](O)CCCC)COP(=O)(O)OC1[C@H](O)[C@H](O)C(O)[C@H](O)[C@H]1O. The molecular weight excluding hydrogens is 843 g/mol. The van der Waals surface area contributed by atoms with Crippen LogP contribution in [-0.2, 0) is 32.7 Å². The van der Waals surface area contributed by atoms with Gasteiger partial charge in [-0.25, -0.2) is 4.57 Å². The fourth-order valence-corrected chi connectivity index (χ4v) is 7.40. The summed E-state index contributed by atoms with van der Waals surface area (Å²) >= 11 is 0. The van der Waals surface area contributed by atoms with Gasteiger partial charge in [-0.05, 0) is 77.0 Å². The number of carbonyl (C=O) groups is 2. The van der Waals surface area contributed by atoms with E-state index in [0.717, 1.165) is 57.8 Å². The van der Waals surface area contributed by atoms with Gasteiger partial charge in [0, 0.05) is 12.8 Å². The van der Waals surface area contributed by atoms with Crippen molar-refractivity contribution in [3.63, 3.8) is 0 Å². The van der Waals surface area contributed by atoms with Gasteiger partial charge >= 0.3 is 19.8 Å². The Bertz CT molecular complexity index is 1460. The molecule has 1 aliphatic carbocycles. The molecule has 0 amide bonds. The summed E-state index contributed by atoms with van der Waals surface area (Å²) in [5.41, 5.74) is 0. The van der Waals surface area contributed by atoms with Crippen molar-refractivity contribution >= 4 is 19.8 Å². The Kier molecular flexibility index (Phi) is 35.2. The van der Waals surface area contributed by atoms with Crippen LogP contribution in [0.4, 0.5) is 0 Å². The van der Waals surface area contributed by atoms with Gasteiger partial charge in [0.1, 0.15) is 43.2 Å². The number of carbonyl (C=O) groups excluding carboxylic acids is 2. The van der Waals surface area contributed by atoms with Crippen LogP contribution in [0.2, 0.25) is 0 Å². The lowest BCUT2D eigenvalue weighted by Gasteiger charge is -2.41. The van der Waals surface area contributed by atoms with E-state index in [2.05, 4.69) is 56.4 Å². The van der Waals surface area contributed by atoms with Crippen LogP contribution in [0.1, 0.15) is 149 Å². The Morgan fingerprint density at radius 2 is 0.984 bits per heavy atom. The van der Waals surface area contributed by atoms with E-state index in [4.69, 9.17) is 18.5 Å². The van der Waals surface area contributed by atoms with Crippen molar-refractivity contribution in [2.24, 2.45) is 0 Å². The van der Waals surface area contributed by atoms with Crippen molar-refractivity contribution in [3.05, 3.63) is 85.1 Å². The Morgan fingerprint density at radius 1 is 0.547 bits per heavy atom. The molecule has 366 valence electrons. The third kappa shape index (κ3) is 30.2. The number of aliphatic hydroxyl groups is 6. The molecule has 1 fully saturated rings. The number of aliphatic hydroxyl groups excluding tert-OH is 6. The molecule has 15 heteroatoms. The van der Waals surface area contributed by atoms with Gasteiger partial charge in [0.05, 0.1) is 12.7 Å². The molecule has 9 atom stereocenters. The van der Waals surface area contributed by atoms with Crippen molar-refractivity contribution in [2.45, 2.75) is 198 Å². The average Bonchev–Trinajstić information content (AvgIpc) is 3.27. The topological polar surface area (TPSA) is 230 Å². The monoisotopic (exact) mass is 925 g/mol. The van der Waals surface area contributed by atoms with Crippen LogP contribution in [0.5, 0.6) is 0 Å². The highest BCUT2D eigenvalue weighted by molar-refractivity contribution is 7.47. The van der Waals surface area contributed by atoms with Crippen LogP contribution in [-0.4, -0.2) is 110 Å². The minimum Gasteiger partial charge on any atom is -0.462 e. The molecule has 0 aromatic heterocycles. The second-order valence-electron chi connectivity index (χ2n) is 16.1. The number of phosphoric ester groups is 1. The van der Waals surface area contributed by atoms with Gasteiger partial charge in [-0.1, -0.05) is 144 Å². The summed E-state index contributed by atoms with van der Waals surface area (Å²) in [5, 5.41) is 60.0. The number of rotatable bonds is 37. The predicted octanol–water partition coefficient (Wildman–Crippen LogP) is 8.25. The van der Waals surface area contributed by atoms with Crippen LogP contribution in [0.3, 0.4) is 0 Å². The lowest BCUT2D eigenvalue weighted by molar-refractivity contribution is -0.220. The van der Waals surface area contributed by atoms with E-state index < -0.39 is 75.7 Å². The fourth-order valence-electron chi connectivity index (χ4n) is 6.43. The summed E-state index contributed by atoms with van der Waals surface area (Å²) < 4.78 is 33.4. The summed E-state index contributed by atoms with van der Waals surface area (Å²) in [6.45, 7) is 3.03. The summed E-state index contributed by atoms with van der Waals surface area (Å²) in [6.07, 6.45) is 32.7. The third-order valence-electron chi connectivity index (χ3n) is 10.3. The van der Waals surface area contributed by atoms with Crippen molar-refractivity contribution in [1.82, 2.24) is 0 Å². The lowest BCUT2D eigenvalue weighted by Crippen LogP contribution is -2.64. The molecule has 0 aromatic carbocycles. The molecule has 3 unspecified atom stereocenters. The van der Waals surface area contributed by atoms with Crippen molar-refractivity contribution in [2.75, 3.05) is 13.2 Å². The average molecular weight is 925 g/mol. The van der Waals surface area contributed by atoms with Gasteiger partial charge in [-0.15, -0.1) is 0 Å². The van der Waals surface area contributed by atoms with E-state index >= 15 is 0 Å².